The van der Waals surface area contributed by atoms with Crippen molar-refractivity contribution in [1.82, 2.24) is 15.1 Å². The Kier molecular flexibility index (Phi) is 7.24. The lowest BCUT2D eigenvalue weighted by Crippen LogP contribution is -2.44. The second kappa shape index (κ2) is 9.85. The lowest BCUT2D eigenvalue weighted by Gasteiger charge is -2.32. The fraction of sp³-hybridized carbons (Fsp3) is 0.619. The van der Waals surface area contributed by atoms with Crippen molar-refractivity contribution in [2.75, 3.05) is 45.9 Å². The highest BCUT2D eigenvalue weighted by atomic mass is 16.5. The van der Waals surface area contributed by atoms with Crippen LogP contribution in [-0.4, -0.2) is 67.6 Å². The number of morpholine rings is 1. The summed E-state index contributed by atoms with van der Waals surface area (Å²) in [6.07, 6.45) is 2.29. The van der Waals surface area contributed by atoms with Crippen LogP contribution >= 0.6 is 0 Å². The van der Waals surface area contributed by atoms with E-state index in [-0.39, 0.29) is 17.7 Å². The molecule has 1 aromatic carbocycles. The lowest BCUT2D eigenvalue weighted by atomic mass is 9.95. The molecule has 0 bridgehead atoms. The third-order valence-electron chi connectivity index (χ3n) is 5.55. The number of hydrogen-bond acceptors (Lipinski definition) is 4. The number of benzene rings is 1. The molecule has 0 atom stereocenters. The Labute approximate surface area is 161 Å². The maximum absolute atomic E-state index is 12.4. The fourth-order valence-electron chi connectivity index (χ4n) is 3.68. The summed E-state index contributed by atoms with van der Waals surface area (Å²) in [4.78, 5) is 28.9. The molecule has 0 radical (unpaired) electrons. The molecule has 2 aliphatic rings. The molecule has 6 nitrogen and oxygen atoms in total. The average Bonchev–Trinajstić information content (AvgIpc) is 2.72. The number of hydrogen-bond donors (Lipinski definition) is 1. The van der Waals surface area contributed by atoms with Crippen LogP contribution in [0.4, 0.5) is 0 Å². The number of nitrogens with zero attached hydrogens (tertiary/aromatic N) is 2. The first kappa shape index (κ1) is 19.8. The zero-order valence-electron chi connectivity index (χ0n) is 16.3. The van der Waals surface area contributed by atoms with Gasteiger partial charge in [-0.2, -0.15) is 0 Å². The van der Waals surface area contributed by atoms with Gasteiger partial charge in [-0.25, -0.2) is 0 Å². The minimum Gasteiger partial charge on any atom is -0.378 e. The van der Waals surface area contributed by atoms with Gasteiger partial charge in [0.1, 0.15) is 0 Å². The maximum atomic E-state index is 12.4. The monoisotopic (exact) mass is 373 g/mol. The van der Waals surface area contributed by atoms with Gasteiger partial charge in [-0.05, 0) is 38.4 Å². The Hall–Kier alpha value is -1.92. The number of ether oxygens (including phenoxy) is 1. The molecule has 2 heterocycles. The van der Waals surface area contributed by atoms with Gasteiger partial charge in [-0.1, -0.05) is 29.8 Å². The highest BCUT2D eigenvalue weighted by Gasteiger charge is 2.25. The van der Waals surface area contributed by atoms with Crippen LogP contribution in [0.3, 0.4) is 0 Å². The molecule has 148 valence electrons. The summed E-state index contributed by atoms with van der Waals surface area (Å²) in [6, 6.07) is 8.25. The molecular formula is C21H31N3O3. The van der Waals surface area contributed by atoms with Crippen LogP contribution in [0.1, 0.15) is 30.4 Å². The van der Waals surface area contributed by atoms with Gasteiger partial charge in [0.15, 0.2) is 0 Å². The van der Waals surface area contributed by atoms with E-state index in [0.717, 1.165) is 38.0 Å². The highest BCUT2D eigenvalue weighted by molar-refractivity contribution is 5.78. The van der Waals surface area contributed by atoms with E-state index in [2.05, 4.69) is 41.4 Å². The van der Waals surface area contributed by atoms with E-state index in [4.69, 9.17) is 4.74 Å². The first-order valence-electron chi connectivity index (χ1n) is 10.0. The molecule has 0 unspecified atom stereocenters. The van der Waals surface area contributed by atoms with Gasteiger partial charge in [0.25, 0.3) is 0 Å². The van der Waals surface area contributed by atoms with Crippen LogP contribution < -0.4 is 5.32 Å². The molecule has 2 saturated heterocycles. The van der Waals surface area contributed by atoms with Crippen molar-refractivity contribution in [2.24, 2.45) is 5.92 Å². The van der Waals surface area contributed by atoms with Crippen molar-refractivity contribution in [3.8, 4) is 0 Å². The fourth-order valence-corrected chi connectivity index (χ4v) is 3.68. The third kappa shape index (κ3) is 6.04. The van der Waals surface area contributed by atoms with Crippen molar-refractivity contribution >= 4 is 11.8 Å². The molecule has 0 aromatic heterocycles. The van der Waals surface area contributed by atoms with Crippen LogP contribution in [0.5, 0.6) is 0 Å². The number of amides is 2. The normalized spacial score (nSPS) is 19.1. The van der Waals surface area contributed by atoms with Crippen LogP contribution in [0.25, 0.3) is 0 Å². The van der Waals surface area contributed by atoms with Gasteiger partial charge in [-0.3, -0.25) is 9.59 Å². The van der Waals surface area contributed by atoms with E-state index in [1.807, 2.05) is 4.90 Å². The molecule has 0 saturated carbocycles. The number of rotatable bonds is 6. The molecule has 1 N–H and O–H groups in total. The SMILES string of the molecule is Cc1ccc(CNC(=O)C2CCN(CCC(=O)N3CCOCC3)CC2)cc1. The third-order valence-corrected chi connectivity index (χ3v) is 5.55. The predicted molar refractivity (Wildman–Crippen MR) is 104 cm³/mol. The Morgan fingerprint density at radius 2 is 1.74 bits per heavy atom. The highest BCUT2D eigenvalue weighted by Crippen LogP contribution is 2.18. The summed E-state index contributed by atoms with van der Waals surface area (Å²) >= 11 is 0. The number of carbonyl (C=O) groups excluding carboxylic acids is 2. The topological polar surface area (TPSA) is 61.9 Å². The second-order valence-electron chi connectivity index (χ2n) is 7.56. The van der Waals surface area contributed by atoms with Crippen molar-refractivity contribution in [2.45, 2.75) is 32.7 Å². The van der Waals surface area contributed by atoms with Gasteiger partial charge < -0.3 is 19.9 Å². The van der Waals surface area contributed by atoms with Crippen molar-refractivity contribution in [3.05, 3.63) is 35.4 Å². The van der Waals surface area contributed by atoms with Crippen LogP contribution in [0.2, 0.25) is 0 Å². The molecule has 2 fully saturated rings. The van der Waals surface area contributed by atoms with Crippen LogP contribution in [0.15, 0.2) is 24.3 Å². The summed E-state index contributed by atoms with van der Waals surface area (Å²) < 4.78 is 5.29. The minimum absolute atomic E-state index is 0.0849. The number of aryl methyl sites for hydroxylation is 1. The largest absolute Gasteiger partial charge is 0.378 e. The number of nitrogens with one attached hydrogen (secondary N) is 1. The average molecular weight is 373 g/mol. The van der Waals surface area contributed by atoms with Crippen molar-refractivity contribution in [3.63, 3.8) is 0 Å². The zero-order chi connectivity index (χ0) is 19.1. The Morgan fingerprint density at radius 3 is 2.41 bits per heavy atom. The van der Waals surface area contributed by atoms with E-state index in [1.165, 1.54) is 5.56 Å². The van der Waals surface area contributed by atoms with Crippen molar-refractivity contribution in [1.29, 1.82) is 0 Å². The Morgan fingerprint density at radius 1 is 1.07 bits per heavy atom. The lowest BCUT2D eigenvalue weighted by molar-refractivity contribution is -0.136. The van der Waals surface area contributed by atoms with E-state index < -0.39 is 0 Å². The molecule has 1 aromatic rings. The zero-order valence-corrected chi connectivity index (χ0v) is 16.3. The van der Waals surface area contributed by atoms with Gasteiger partial charge in [0.05, 0.1) is 13.2 Å². The first-order valence-corrected chi connectivity index (χ1v) is 10.0. The maximum Gasteiger partial charge on any atom is 0.224 e. The van der Waals surface area contributed by atoms with E-state index in [9.17, 15) is 9.59 Å². The van der Waals surface area contributed by atoms with E-state index >= 15 is 0 Å². The molecular weight excluding hydrogens is 342 g/mol. The summed E-state index contributed by atoms with van der Waals surface area (Å²) in [5, 5.41) is 3.07. The quantitative estimate of drug-likeness (QED) is 0.822. The van der Waals surface area contributed by atoms with Gasteiger partial charge in [-0.15, -0.1) is 0 Å². The molecule has 6 heteroatoms. The van der Waals surface area contributed by atoms with Crippen LogP contribution in [0, 0.1) is 12.8 Å². The smallest absolute Gasteiger partial charge is 0.224 e. The molecule has 2 amide bonds. The molecule has 0 aliphatic carbocycles. The van der Waals surface area contributed by atoms with E-state index in [0.29, 0.717) is 39.3 Å². The summed E-state index contributed by atoms with van der Waals surface area (Å²) in [6.45, 7) is 7.93. The van der Waals surface area contributed by atoms with Crippen LogP contribution in [-0.2, 0) is 20.9 Å². The number of carbonyl (C=O) groups is 2. The molecule has 3 rings (SSSR count). The molecule has 2 aliphatic heterocycles. The number of piperidine rings is 1. The summed E-state index contributed by atoms with van der Waals surface area (Å²) in [5.74, 6) is 0.456. The summed E-state index contributed by atoms with van der Waals surface area (Å²) in [5.41, 5.74) is 2.36. The summed E-state index contributed by atoms with van der Waals surface area (Å²) in [7, 11) is 0. The standard InChI is InChI=1S/C21H31N3O3/c1-17-2-4-18(5-3-17)16-22-21(26)19-6-9-23(10-7-19)11-8-20(25)24-12-14-27-15-13-24/h2-5,19H,6-16H2,1H3,(H,22,26). The first-order chi connectivity index (χ1) is 13.1. The Bertz CT molecular complexity index is 618. The predicted octanol–water partition coefficient (Wildman–Crippen LogP) is 1.57. The van der Waals surface area contributed by atoms with E-state index in [1.54, 1.807) is 0 Å². The minimum atomic E-state index is 0.0849. The molecule has 0 spiro atoms. The van der Waals surface area contributed by atoms with Gasteiger partial charge in [0.2, 0.25) is 11.8 Å². The number of likely N-dealkylation sites (tertiary alicyclic amines) is 1. The Balaban J connectivity index is 1.33. The van der Waals surface area contributed by atoms with Crippen molar-refractivity contribution < 1.29 is 14.3 Å². The second-order valence-corrected chi connectivity index (χ2v) is 7.56. The van der Waals surface area contributed by atoms with Gasteiger partial charge >= 0.3 is 0 Å². The molecule has 27 heavy (non-hydrogen) atoms. The van der Waals surface area contributed by atoms with Gasteiger partial charge in [0, 0.05) is 38.5 Å².